The van der Waals surface area contributed by atoms with Gasteiger partial charge in [0.05, 0.1) is 0 Å². The van der Waals surface area contributed by atoms with Crippen LogP contribution in [0.15, 0.2) is 53.2 Å². The summed E-state index contributed by atoms with van der Waals surface area (Å²) in [4.78, 5) is 0. The molecule has 0 fully saturated rings. The van der Waals surface area contributed by atoms with Crippen LogP contribution in [0.5, 0.6) is 0 Å². The summed E-state index contributed by atoms with van der Waals surface area (Å²) >= 11 is 0. The maximum Gasteiger partial charge on any atom is 3.00 e. The second kappa shape index (κ2) is 24.5. The molecule has 0 aromatic heterocycles. The molecule has 0 aromatic rings. The Morgan fingerprint density at radius 3 is 1.29 bits per heavy atom. The molecule has 2 nitrogen and oxygen atoms in total. The van der Waals surface area contributed by atoms with Crippen molar-refractivity contribution in [1.29, 1.82) is 0 Å². The molecule has 3 rings (SSSR count). The van der Waals surface area contributed by atoms with E-state index in [9.17, 15) is 0 Å². The Kier molecular flexibility index (Phi) is 30.6. The predicted molar refractivity (Wildman–Crippen MR) is 123 cm³/mol. The summed E-state index contributed by atoms with van der Waals surface area (Å²) in [6.07, 6.45) is 23.4. The van der Waals surface area contributed by atoms with Crippen LogP contribution in [0.2, 0.25) is 13.1 Å². The summed E-state index contributed by atoms with van der Waals surface area (Å²) in [5, 5.41) is 14.0. The van der Waals surface area contributed by atoms with E-state index in [1.165, 1.54) is 16.7 Å². The Morgan fingerprint density at radius 1 is 0.857 bits per heavy atom. The molecule has 0 aliphatic heterocycles. The number of allylic oxidation sites excluding steroid dienone is 12. The van der Waals surface area contributed by atoms with Crippen molar-refractivity contribution in [3.8, 4) is 0 Å². The van der Waals surface area contributed by atoms with Gasteiger partial charge in [0.25, 0.3) is 0 Å². The van der Waals surface area contributed by atoms with Crippen LogP contribution in [0.1, 0.15) is 47.5 Å². The number of rotatable bonds is 0. The van der Waals surface area contributed by atoms with Gasteiger partial charge >= 0.3 is 26.2 Å². The predicted octanol–water partition coefficient (Wildman–Crippen LogP) is 5.46. The van der Waals surface area contributed by atoms with Crippen molar-refractivity contribution < 1.29 is 36.4 Å². The minimum atomic E-state index is 0. The van der Waals surface area contributed by atoms with Crippen molar-refractivity contribution in [3.05, 3.63) is 71.4 Å². The quantitative estimate of drug-likeness (QED) is 0.358. The largest absolute Gasteiger partial charge is 3.00 e. The first kappa shape index (κ1) is 34.9. The second-order valence-electron chi connectivity index (χ2n) is 6.21. The maximum atomic E-state index is 7.00. The van der Waals surface area contributed by atoms with Gasteiger partial charge in [-0.25, -0.2) is 29.9 Å². The van der Waals surface area contributed by atoms with Crippen molar-refractivity contribution in [3.63, 3.8) is 0 Å². The molecule has 3 aliphatic carbocycles. The normalized spacial score (nSPS) is 15.8. The molecule has 0 bridgehead atoms. The minimum Gasteiger partial charge on any atom is -0.400 e. The van der Waals surface area contributed by atoms with E-state index < -0.39 is 0 Å². The van der Waals surface area contributed by atoms with Gasteiger partial charge in [-0.1, -0.05) is 46.2 Å². The van der Waals surface area contributed by atoms with E-state index in [2.05, 4.69) is 78.1 Å². The average molecular weight is 480 g/mol. The summed E-state index contributed by atoms with van der Waals surface area (Å²) < 4.78 is 0. The van der Waals surface area contributed by atoms with Gasteiger partial charge in [0.1, 0.15) is 0 Å². The first-order valence-corrected chi connectivity index (χ1v) is 11.5. The molecule has 2 radical (unpaired) electrons. The Hall–Kier alpha value is -0.540. The topological polar surface area (TPSA) is 40.5 Å². The Morgan fingerprint density at radius 2 is 1.21 bits per heavy atom. The summed E-state index contributed by atoms with van der Waals surface area (Å²) in [5.74, 6) is 0. The molecule has 0 saturated carbocycles. The number of aliphatic hydroxyl groups is 2. The van der Waals surface area contributed by atoms with Crippen LogP contribution in [0, 0.1) is 23.6 Å². The summed E-state index contributed by atoms with van der Waals surface area (Å²) in [7, 11) is 2.75. The molecule has 0 atom stereocenters. The maximum absolute atomic E-state index is 7.00. The van der Waals surface area contributed by atoms with Crippen LogP contribution in [-0.4, -0.2) is 34.0 Å². The average Bonchev–Trinajstić information content (AvgIpc) is 3.44. The van der Waals surface area contributed by atoms with E-state index in [-0.39, 0.29) is 31.6 Å². The van der Waals surface area contributed by atoms with Gasteiger partial charge in [-0.15, -0.1) is 19.8 Å². The van der Waals surface area contributed by atoms with Crippen LogP contribution in [-0.2, 0) is 26.2 Å². The van der Waals surface area contributed by atoms with Gasteiger partial charge < -0.3 is 10.2 Å². The van der Waals surface area contributed by atoms with Crippen molar-refractivity contribution in [2.24, 2.45) is 5.41 Å². The van der Waals surface area contributed by atoms with Gasteiger partial charge in [-0.2, -0.15) is 23.3 Å². The van der Waals surface area contributed by atoms with Crippen LogP contribution in [0.4, 0.5) is 0 Å². The van der Waals surface area contributed by atoms with Crippen molar-refractivity contribution in [2.75, 3.05) is 14.2 Å². The van der Waals surface area contributed by atoms with Crippen LogP contribution in [0.3, 0.4) is 0 Å². The molecule has 0 heterocycles. The third-order valence-electron chi connectivity index (χ3n) is 3.73. The van der Waals surface area contributed by atoms with Crippen LogP contribution >= 0.6 is 0 Å². The molecular weight excluding hydrogens is 440 g/mol. The van der Waals surface area contributed by atoms with E-state index in [4.69, 9.17) is 10.2 Å². The number of hydrogen-bond acceptors (Lipinski definition) is 2. The first-order chi connectivity index (χ1) is 12.9. The fourth-order valence-electron chi connectivity index (χ4n) is 2.09. The number of hydrogen-bond donors (Lipinski definition) is 2. The first-order valence-electron chi connectivity index (χ1n) is 9.23. The van der Waals surface area contributed by atoms with Gasteiger partial charge in [-0.3, -0.25) is 18.2 Å². The van der Waals surface area contributed by atoms with Crippen LogP contribution in [0.25, 0.3) is 0 Å². The van der Waals surface area contributed by atoms with Crippen molar-refractivity contribution in [1.82, 2.24) is 0 Å². The van der Waals surface area contributed by atoms with E-state index >= 15 is 0 Å². The third-order valence-corrected chi connectivity index (χ3v) is 3.73. The molecule has 0 unspecified atom stereocenters. The zero-order valence-electron chi connectivity index (χ0n) is 19.4. The smallest absolute Gasteiger partial charge is 0.400 e. The summed E-state index contributed by atoms with van der Waals surface area (Å²) in [5.41, 5.74) is 4.39. The Balaban J connectivity index is -0.000000138. The Bertz CT molecular complexity index is 483. The fourth-order valence-corrected chi connectivity index (χ4v) is 2.09. The van der Waals surface area contributed by atoms with Gasteiger partial charge in [0.2, 0.25) is 0 Å². The Labute approximate surface area is 196 Å². The molecule has 4 heteroatoms. The summed E-state index contributed by atoms with van der Waals surface area (Å²) in [6, 6.07) is 0. The second-order valence-corrected chi connectivity index (χ2v) is 7.36. The van der Waals surface area contributed by atoms with Gasteiger partial charge in [-0.05, 0) is 0 Å². The third kappa shape index (κ3) is 18.8. The van der Waals surface area contributed by atoms with E-state index in [0.717, 1.165) is 36.6 Å². The fraction of sp³-hybridized carbons (Fsp3) is 0.500. The standard InChI is InChI=1S/C10H15.2C5H5.C2H7Si.2CH4O.Zr/c1-7-6-10(4,5)9(3)8(7)2;2*1-2-4-5-3-1;1-3-2;2*1-2;/h1-5H3;2*1-3H,4H2;3H,1-2H3;2*2H,1H3;/q3*-1;;;;+3. The summed E-state index contributed by atoms with van der Waals surface area (Å²) in [6.45, 7) is 15.3. The molecule has 156 valence electrons. The zero-order chi connectivity index (χ0) is 21.7. The molecule has 3 aliphatic rings. The SMILES string of the molecule is CC1=[C-]C(C)(C)C(C)=C1C.CO.CO.C[SiH]C.[C-]1=CC=CC1.[C-]1=CC=CC1.[Zr+3]. The molecule has 0 spiro atoms. The van der Waals surface area contributed by atoms with Crippen molar-refractivity contribution in [2.45, 2.75) is 60.6 Å². The van der Waals surface area contributed by atoms with Crippen LogP contribution < -0.4 is 0 Å². The van der Waals surface area contributed by atoms with E-state index in [0.29, 0.717) is 0 Å². The zero-order valence-corrected chi connectivity index (χ0v) is 23.0. The molecular formula is C24H40O2SiZr. The monoisotopic (exact) mass is 478 g/mol. The molecule has 2 N–H and O–H groups in total. The molecule has 0 aromatic carbocycles. The van der Waals surface area contributed by atoms with Gasteiger partial charge in [0.15, 0.2) is 0 Å². The van der Waals surface area contributed by atoms with E-state index in [1.54, 1.807) is 0 Å². The minimum absolute atomic E-state index is 0. The molecule has 0 saturated heterocycles. The van der Waals surface area contributed by atoms with E-state index in [1.807, 2.05) is 24.3 Å². The molecule has 28 heavy (non-hydrogen) atoms. The number of aliphatic hydroxyl groups excluding tert-OH is 2. The molecule has 0 amide bonds. The van der Waals surface area contributed by atoms with Gasteiger partial charge in [0, 0.05) is 23.7 Å². The van der Waals surface area contributed by atoms with Crippen molar-refractivity contribution >= 4 is 9.52 Å².